The minimum atomic E-state index is -0.451. The quantitative estimate of drug-likeness (QED) is 0.660. The van der Waals surface area contributed by atoms with E-state index in [0.717, 1.165) is 0 Å². The molecule has 6 nitrogen and oxygen atoms in total. The number of carbonyl (C=O) groups excluding carboxylic acids is 1. The highest BCUT2D eigenvalue weighted by atomic mass is 16.5. The van der Waals surface area contributed by atoms with E-state index in [-0.39, 0.29) is 17.2 Å². The van der Waals surface area contributed by atoms with Gasteiger partial charge < -0.3 is 15.8 Å². The van der Waals surface area contributed by atoms with E-state index < -0.39 is 5.97 Å². The normalized spacial score (nSPS) is 9.88. The Kier molecular flexibility index (Phi) is 5.03. The number of carbonyl (C=O) groups is 1. The summed E-state index contributed by atoms with van der Waals surface area (Å²) < 4.78 is 5.12. The molecule has 0 aliphatic carbocycles. The van der Waals surface area contributed by atoms with Gasteiger partial charge in [-0.05, 0) is 44.2 Å². The van der Waals surface area contributed by atoms with Crippen LogP contribution in [0.5, 0.6) is 0 Å². The van der Waals surface area contributed by atoms with Crippen LogP contribution >= 0.6 is 0 Å². The molecule has 0 spiro atoms. The Bertz CT molecular complexity index is 860. The lowest BCUT2D eigenvalue weighted by atomic mass is 10.1. The van der Waals surface area contributed by atoms with E-state index in [4.69, 9.17) is 15.7 Å². The van der Waals surface area contributed by atoms with Crippen molar-refractivity contribution in [3.05, 3.63) is 53.1 Å². The summed E-state index contributed by atoms with van der Waals surface area (Å²) in [6.07, 6.45) is -0.219. The summed E-state index contributed by atoms with van der Waals surface area (Å²) in [6.45, 7) is 3.53. The number of anilines is 3. The molecule has 0 unspecified atom stereocenters. The molecule has 0 aliphatic heterocycles. The van der Waals surface area contributed by atoms with Crippen molar-refractivity contribution in [2.24, 2.45) is 0 Å². The smallest absolute Gasteiger partial charge is 0.338 e. The van der Waals surface area contributed by atoms with Gasteiger partial charge in [-0.15, -0.1) is 0 Å². The second-order valence-corrected chi connectivity index (χ2v) is 5.33. The molecule has 0 aliphatic rings. The number of nitrogen functional groups attached to an aromatic ring is 1. The van der Waals surface area contributed by atoms with E-state index in [9.17, 15) is 10.1 Å². The molecule has 120 valence electrons. The average Bonchev–Trinajstić information content (AvgIpc) is 2.55. The summed E-state index contributed by atoms with van der Waals surface area (Å²) >= 11 is 0. The van der Waals surface area contributed by atoms with Gasteiger partial charge in [-0.2, -0.15) is 10.5 Å². The van der Waals surface area contributed by atoms with Gasteiger partial charge in [-0.25, -0.2) is 4.79 Å². The second kappa shape index (κ2) is 7.17. The average molecular weight is 320 g/mol. The number of rotatable bonds is 4. The van der Waals surface area contributed by atoms with Gasteiger partial charge in [0.25, 0.3) is 0 Å². The number of nitriles is 2. The third-order valence-electron chi connectivity index (χ3n) is 3.20. The van der Waals surface area contributed by atoms with Crippen LogP contribution in [0.1, 0.15) is 35.3 Å². The fourth-order valence-electron chi connectivity index (χ4n) is 2.10. The Morgan fingerprint density at radius 2 is 1.92 bits per heavy atom. The van der Waals surface area contributed by atoms with Gasteiger partial charge in [0, 0.05) is 0 Å². The highest BCUT2D eigenvalue weighted by Gasteiger charge is 2.13. The molecule has 2 aromatic carbocycles. The molecular formula is C18H16N4O2. The number of hydrogen-bond donors (Lipinski definition) is 2. The van der Waals surface area contributed by atoms with Gasteiger partial charge >= 0.3 is 5.97 Å². The topological polar surface area (TPSA) is 112 Å². The van der Waals surface area contributed by atoms with Gasteiger partial charge in [-0.3, -0.25) is 0 Å². The zero-order valence-corrected chi connectivity index (χ0v) is 13.3. The van der Waals surface area contributed by atoms with Crippen molar-refractivity contribution in [1.29, 1.82) is 10.5 Å². The van der Waals surface area contributed by atoms with E-state index in [1.54, 1.807) is 44.2 Å². The van der Waals surface area contributed by atoms with Crippen LogP contribution in [0.15, 0.2) is 36.4 Å². The van der Waals surface area contributed by atoms with Crippen molar-refractivity contribution < 1.29 is 9.53 Å². The van der Waals surface area contributed by atoms with E-state index >= 15 is 0 Å². The Labute approximate surface area is 140 Å². The van der Waals surface area contributed by atoms with Crippen LogP contribution in [0.2, 0.25) is 0 Å². The molecule has 0 saturated heterocycles. The summed E-state index contributed by atoms with van der Waals surface area (Å²) in [5.74, 6) is -0.451. The van der Waals surface area contributed by atoms with Crippen LogP contribution in [0.25, 0.3) is 0 Å². The summed E-state index contributed by atoms with van der Waals surface area (Å²) in [6, 6.07) is 13.6. The minimum absolute atomic E-state index is 0.219. The second-order valence-electron chi connectivity index (χ2n) is 5.33. The largest absolute Gasteiger partial charge is 0.459 e. The molecule has 0 atom stereocenters. The van der Waals surface area contributed by atoms with E-state index in [0.29, 0.717) is 22.6 Å². The van der Waals surface area contributed by atoms with Gasteiger partial charge in [0.1, 0.15) is 12.1 Å². The number of nitrogens with two attached hydrogens (primary N) is 1. The first-order valence-electron chi connectivity index (χ1n) is 7.27. The molecule has 2 aromatic rings. The maximum absolute atomic E-state index is 11.9. The third-order valence-corrected chi connectivity index (χ3v) is 3.20. The molecule has 2 rings (SSSR count). The maximum Gasteiger partial charge on any atom is 0.338 e. The standard InChI is InChI=1S/C18H16N4O2/c1-11(2)24-18(23)12-6-7-17(15(21)8-12)22-16-5-3-4-13(9-19)14(16)10-20/h3-8,11,22H,21H2,1-2H3. The first-order chi connectivity index (χ1) is 11.5. The highest BCUT2D eigenvalue weighted by molar-refractivity contribution is 5.92. The minimum Gasteiger partial charge on any atom is -0.459 e. The van der Waals surface area contributed by atoms with Crippen LogP contribution < -0.4 is 11.1 Å². The maximum atomic E-state index is 11.9. The molecule has 24 heavy (non-hydrogen) atoms. The molecule has 0 aromatic heterocycles. The van der Waals surface area contributed by atoms with Crippen molar-refractivity contribution in [1.82, 2.24) is 0 Å². The van der Waals surface area contributed by atoms with Crippen molar-refractivity contribution >= 4 is 23.0 Å². The van der Waals surface area contributed by atoms with Gasteiger partial charge in [0.05, 0.1) is 39.9 Å². The molecule has 6 heteroatoms. The molecule has 0 bridgehead atoms. The number of benzene rings is 2. The van der Waals surface area contributed by atoms with Crippen LogP contribution in [-0.4, -0.2) is 12.1 Å². The SMILES string of the molecule is CC(C)OC(=O)c1ccc(Nc2cccc(C#N)c2C#N)c(N)c1. The van der Waals surface area contributed by atoms with Crippen LogP contribution in [-0.2, 0) is 4.74 Å². The zero-order chi connectivity index (χ0) is 17.7. The van der Waals surface area contributed by atoms with E-state index in [1.807, 2.05) is 12.1 Å². The van der Waals surface area contributed by atoms with Crippen LogP contribution in [0.4, 0.5) is 17.1 Å². The van der Waals surface area contributed by atoms with Crippen molar-refractivity contribution in [2.75, 3.05) is 11.1 Å². The number of hydrogen-bond acceptors (Lipinski definition) is 6. The monoisotopic (exact) mass is 320 g/mol. The lowest BCUT2D eigenvalue weighted by Crippen LogP contribution is -2.12. The van der Waals surface area contributed by atoms with Gasteiger partial charge in [-0.1, -0.05) is 6.07 Å². The lowest BCUT2D eigenvalue weighted by Gasteiger charge is -2.13. The number of esters is 1. The Hall–Kier alpha value is -3.51. The Morgan fingerprint density at radius 3 is 2.50 bits per heavy atom. The number of nitrogens with one attached hydrogen (secondary N) is 1. The van der Waals surface area contributed by atoms with Crippen molar-refractivity contribution in [2.45, 2.75) is 20.0 Å². The molecule has 3 N–H and O–H groups in total. The number of nitrogens with zero attached hydrogens (tertiary/aromatic N) is 2. The predicted octanol–water partition coefficient (Wildman–Crippen LogP) is 3.32. The summed E-state index contributed by atoms with van der Waals surface area (Å²) in [5, 5.41) is 21.3. The molecule has 0 amide bonds. The summed E-state index contributed by atoms with van der Waals surface area (Å²) in [4.78, 5) is 11.9. The summed E-state index contributed by atoms with van der Waals surface area (Å²) in [7, 11) is 0. The Morgan fingerprint density at radius 1 is 1.17 bits per heavy atom. The third kappa shape index (κ3) is 3.63. The predicted molar refractivity (Wildman–Crippen MR) is 90.6 cm³/mol. The molecular weight excluding hydrogens is 304 g/mol. The van der Waals surface area contributed by atoms with Crippen molar-refractivity contribution in [3.8, 4) is 12.1 Å². The fourth-order valence-corrected chi connectivity index (χ4v) is 2.10. The van der Waals surface area contributed by atoms with Crippen LogP contribution in [0.3, 0.4) is 0 Å². The first kappa shape index (κ1) is 16.9. The fraction of sp³-hybridized carbons (Fsp3) is 0.167. The van der Waals surface area contributed by atoms with E-state index in [2.05, 4.69) is 5.32 Å². The van der Waals surface area contributed by atoms with Crippen molar-refractivity contribution in [3.63, 3.8) is 0 Å². The Balaban J connectivity index is 2.31. The lowest BCUT2D eigenvalue weighted by molar-refractivity contribution is 0.0378. The molecule has 0 heterocycles. The van der Waals surface area contributed by atoms with Gasteiger partial charge in [0.15, 0.2) is 0 Å². The molecule has 0 radical (unpaired) electrons. The van der Waals surface area contributed by atoms with Gasteiger partial charge in [0.2, 0.25) is 0 Å². The highest BCUT2D eigenvalue weighted by Crippen LogP contribution is 2.27. The zero-order valence-electron chi connectivity index (χ0n) is 13.3. The van der Waals surface area contributed by atoms with Crippen LogP contribution in [0, 0.1) is 22.7 Å². The first-order valence-corrected chi connectivity index (χ1v) is 7.27. The molecule has 0 fully saturated rings. The summed E-state index contributed by atoms with van der Waals surface area (Å²) in [5.41, 5.74) is 8.18. The van der Waals surface area contributed by atoms with E-state index in [1.165, 1.54) is 6.07 Å². The number of ether oxygens (including phenoxy) is 1. The molecule has 0 saturated carbocycles.